The SMILES string of the molecule is NCCC(F)(F)c1ccc([N+](=O)[O-])cc1F. The van der Waals surface area contributed by atoms with Crippen LogP contribution in [0.4, 0.5) is 18.9 Å². The minimum atomic E-state index is -3.41. The van der Waals surface area contributed by atoms with E-state index in [1.807, 2.05) is 0 Å². The molecule has 0 aliphatic heterocycles. The van der Waals surface area contributed by atoms with Gasteiger partial charge in [-0.1, -0.05) is 0 Å². The molecule has 1 rings (SSSR count). The van der Waals surface area contributed by atoms with Crippen molar-refractivity contribution in [3.05, 3.63) is 39.7 Å². The number of nitrogens with two attached hydrogens (primary N) is 1. The maximum Gasteiger partial charge on any atom is 0.277 e. The molecule has 0 bridgehead atoms. The van der Waals surface area contributed by atoms with Crippen LogP contribution in [0.1, 0.15) is 12.0 Å². The van der Waals surface area contributed by atoms with Crippen LogP contribution in [0.15, 0.2) is 18.2 Å². The highest BCUT2D eigenvalue weighted by atomic mass is 19.3. The Balaban J connectivity index is 3.12. The van der Waals surface area contributed by atoms with Crippen LogP contribution in [-0.4, -0.2) is 11.5 Å². The molecule has 0 radical (unpaired) electrons. The molecule has 0 saturated carbocycles. The smallest absolute Gasteiger partial charge is 0.277 e. The van der Waals surface area contributed by atoms with E-state index >= 15 is 0 Å². The van der Waals surface area contributed by atoms with Crippen molar-refractivity contribution in [2.75, 3.05) is 6.54 Å². The molecule has 0 unspecified atom stereocenters. The lowest BCUT2D eigenvalue weighted by molar-refractivity contribution is -0.385. The Morgan fingerprint density at radius 3 is 2.50 bits per heavy atom. The van der Waals surface area contributed by atoms with E-state index in [1.54, 1.807) is 0 Å². The number of benzene rings is 1. The molecule has 2 N–H and O–H groups in total. The summed E-state index contributed by atoms with van der Waals surface area (Å²) in [5.41, 5.74) is 3.53. The minimum absolute atomic E-state index is 0.302. The first-order valence-electron chi connectivity index (χ1n) is 4.41. The normalized spacial score (nSPS) is 11.5. The fraction of sp³-hybridized carbons (Fsp3) is 0.333. The van der Waals surface area contributed by atoms with E-state index < -0.39 is 34.3 Å². The molecule has 0 amide bonds. The lowest BCUT2D eigenvalue weighted by Gasteiger charge is -2.15. The lowest BCUT2D eigenvalue weighted by atomic mass is 10.0. The van der Waals surface area contributed by atoms with E-state index in [9.17, 15) is 23.3 Å². The van der Waals surface area contributed by atoms with E-state index in [0.717, 1.165) is 6.07 Å². The van der Waals surface area contributed by atoms with Crippen LogP contribution in [0.25, 0.3) is 0 Å². The third-order valence-electron chi connectivity index (χ3n) is 2.02. The van der Waals surface area contributed by atoms with Gasteiger partial charge in [-0.15, -0.1) is 0 Å². The van der Waals surface area contributed by atoms with Crippen molar-refractivity contribution in [2.24, 2.45) is 5.73 Å². The minimum Gasteiger partial charge on any atom is -0.330 e. The highest BCUT2D eigenvalue weighted by Crippen LogP contribution is 2.34. The second kappa shape index (κ2) is 4.48. The topological polar surface area (TPSA) is 69.2 Å². The Morgan fingerprint density at radius 2 is 2.06 bits per heavy atom. The van der Waals surface area contributed by atoms with Crippen molar-refractivity contribution in [1.82, 2.24) is 0 Å². The molecule has 0 fully saturated rings. The van der Waals surface area contributed by atoms with Gasteiger partial charge < -0.3 is 5.73 Å². The Bertz CT molecular complexity index is 410. The van der Waals surface area contributed by atoms with Crippen molar-refractivity contribution >= 4 is 5.69 Å². The first kappa shape index (κ1) is 12.4. The quantitative estimate of drug-likeness (QED) is 0.641. The lowest BCUT2D eigenvalue weighted by Crippen LogP contribution is -2.20. The number of hydrogen-bond donors (Lipinski definition) is 1. The third-order valence-corrected chi connectivity index (χ3v) is 2.02. The van der Waals surface area contributed by atoms with Gasteiger partial charge in [0.05, 0.1) is 16.6 Å². The summed E-state index contributed by atoms with van der Waals surface area (Å²) in [5, 5.41) is 10.3. The summed E-state index contributed by atoms with van der Waals surface area (Å²) in [6.45, 7) is -0.302. The molecule has 0 heterocycles. The fourth-order valence-electron chi connectivity index (χ4n) is 1.23. The van der Waals surface area contributed by atoms with Gasteiger partial charge in [-0.25, -0.2) is 13.2 Å². The van der Waals surface area contributed by atoms with Crippen molar-refractivity contribution in [3.8, 4) is 0 Å². The van der Waals surface area contributed by atoms with Gasteiger partial charge in [0.15, 0.2) is 0 Å². The highest BCUT2D eigenvalue weighted by molar-refractivity contribution is 5.36. The Labute approximate surface area is 89.0 Å². The number of alkyl halides is 2. The Morgan fingerprint density at radius 1 is 1.44 bits per heavy atom. The Kier molecular flexibility index (Phi) is 3.48. The van der Waals surface area contributed by atoms with Gasteiger partial charge in [0, 0.05) is 12.5 Å². The van der Waals surface area contributed by atoms with Crippen molar-refractivity contribution < 1.29 is 18.1 Å². The zero-order valence-corrected chi connectivity index (χ0v) is 8.12. The molecule has 0 aliphatic rings. The molecule has 16 heavy (non-hydrogen) atoms. The Hall–Kier alpha value is -1.63. The summed E-state index contributed by atoms with van der Waals surface area (Å²) in [7, 11) is 0. The molecular weight excluding hydrogens is 225 g/mol. The van der Waals surface area contributed by atoms with Crippen LogP contribution >= 0.6 is 0 Å². The second-order valence-corrected chi connectivity index (χ2v) is 3.16. The van der Waals surface area contributed by atoms with E-state index in [-0.39, 0.29) is 6.54 Å². The number of nitrogens with zero attached hydrogens (tertiary/aromatic N) is 1. The van der Waals surface area contributed by atoms with Gasteiger partial charge in [-0.2, -0.15) is 0 Å². The van der Waals surface area contributed by atoms with E-state index in [1.165, 1.54) is 0 Å². The first-order chi connectivity index (χ1) is 7.38. The third kappa shape index (κ3) is 2.48. The second-order valence-electron chi connectivity index (χ2n) is 3.16. The molecule has 0 atom stereocenters. The highest BCUT2D eigenvalue weighted by Gasteiger charge is 2.34. The summed E-state index contributed by atoms with van der Waals surface area (Å²) in [6.07, 6.45) is -0.707. The molecule has 0 saturated heterocycles. The largest absolute Gasteiger partial charge is 0.330 e. The predicted molar refractivity (Wildman–Crippen MR) is 50.6 cm³/mol. The summed E-state index contributed by atoms with van der Waals surface area (Å²) in [4.78, 5) is 9.42. The average Bonchev–Trinajstić information content (AvgIpc) is 2.16. The number of nitro benzene ring substituents is 1. The standard InChI is InChI=1S/C9H9F3N2O2/c10-8-5-6(14(15)16)1-2-7(8)9(11,12)3-4-13/h1-2,5H,3-4,13H2. The molecular formula is C9H9F3N2O2. The van der Waals surface area contributed by atoms with E-state index in [2.05, 4.69) is 0 Å². The number of hydrogen-bond acceptors (Lipinski definition) is 3. The summed E-state index contributed by atoms with van der Waals surface area (Å²) in [5.74, 6) is -4.71. The monoisotopic (exact) mass is 234 g/mol. The zero-order chi connectivity index (χ0) is 12.3. The molecule has 4 nitrogen and oxygen atoms in total. The molecule has 0 aliphatic carbocycles. The summed E-state index contributed by atoms with van der Waals surface area (Å²) < 4.78 is 39.7. The molecule has 1 aromatic carbocycles. The maximum atomic E-state index is 13.3. The van der Waals surface area contributed by atoms with Gasteiger partial charge in [-0.3, -0.25) is 10.1 Å². The number of halogens is 3. The average molecular weight is 234 g/mol. The maximum absolute atomic E-state index is 13.3. The van der Waals surface area contributed by atoms with Gasteiger partial charge in [0.1, 0.15) is 5.82 Å². The van der Waals surface area contributed by atoms with Crippen LogP contribution < -0.4 is 5.73 Å². The zero-order valence-electron chi connectivity index (χ0n) is 8.12. The van der Waals surface area contributed by atoms with Crippen LogP contribution in [-0.2, 0) is 5.92 Å². The van der Waals surface area contributed by atoms with Gasteiger partial charge in [0.25, 0.3) is 11.6 Å². The van der Waals surface area contributed by atoms with Gasteiger partial charge in [-0.05, 0) is 12.6 Å². The van der Waals surface area contributed by atoms with Crippen molar-refractivity contribution in [1.29, 1.82) is 0 Å². The van der Waals surface area contributed by atoms with Crippen LogP contribution in [0.3, 0.4) is 0 Å². The van der Waals surface area contributed by atoms with Crippen molar-refractivity contribution in [2.45, 2.75) is 12.3 Å². The predicted octanol–water partition coefficient (Wildman–Crippen LogP) is 2.17. The fourth-order valence-corrected chi connectivity index (χ4v) is 1.23. The number of rotatable bonds is 4. The van der Waals surface area contributed by atoms with Crippen molar-refractivity contribution in [3.63, 3.8) is 0 Å². The van der Waals surface area contributed by atoms with E-state index in [0.29, 0.717) is 12.1 Å². The van der Waals surface area contributed by atoms with Gasteiger partial charge >= 0.3 is 0 Å². The molecule has 88 valence electrons. The molecule has 0 spiro atoms. The number of nitro groups is 1. The summed E-state index contributed by atoms with van der Waals surface area (Å²) >= 11 is 0. The first-order valence-corrected chi connectivity index (χ1v) is 4.41. The van der Waals surface area contributed by atoms with Gasteiger partial charge in [0.2, 0.25) is 0 Å². The van der Waals surface area contributed by atoms with Crippen LogP contribution in [0.5, 0.6) is 0 Å². The molecule has 7 heteroatoms. The van der Waals surface area contributed by atoms with Crippen LogP contribution in [0.2, 0.25) is 0 Å². The number of non-ortho nitro benzene ring substituents is 1. The molecule has 1 aromatic rings. The molecule has 0 aromatic heterocycles. The summed E-state index contributed by atoms with van der Waals surface area (Å²) in [6, 6.07) is 2.02. The van der Waals surface area contributed by atoms with E-state index in [4.69, 9.17) is 5.73 Å². The van der Waals surface area contributed by atoms with Crippen LogP contribution in [0, 0.1) is 15.9 Å².